The summed E-state index contributed by atoms with van der Waals surface area (Å²) in [7, 11) is 0. The SMILES string of the molecule is CCC(C)NCC(O)CCC(=O)O. The maximum absolute atomic E-state index is 10.2. The van der Waals surface area contributed by atoms with E-state index in [1.807, 2.05) is 6.92 Å². The Kier molecular flexibility index (Phi) is 6.54. The van der Waals surface area contributed by atoms with Gasteiger partial charge in [-0.15, -0.1) is 0 Å². The lowest BCUT2D eigenvalue weighted by Gasteiger charge is -2.14. The smallest absolute Gasteiger partial charge is 0.303 e. The average molecular weight is 189 g/mol. The first-order chi connectivity index (χ1) is 6.06. The lowest BCUT2D eigenvalue weighted by Crippen LogP contribution is -2.33. The van der Waals surface area contributed by atoms with Gasteiger partial charge in [-0.25, -0.2) is 0 Å². The van der Waals surface area contributed by atoms with Crippen LogP contribution in [0, 0.1) is 0 Å². The van der Waals surface area contributed by atoms with Crippen molar-refractivity contribution in [1.29, 1.82) is 0 Å². The first kappa shape index (κ1) is 12.4. The van der Waals surface area contributed by atoms with Crippen LogP contribution >= 0.6 is 0 Å². The Morgan fingerprint density at radius 1 is 1.54 bits per heavy atom. The van der Waals surface area contributed by atoms with Crippen molar-refractivity contribution >= 4 is 5.97 Å². The Bertz CT molecular complexity index is 150. The molecule has 2 atom stereocenters. The largest absolute Gasteiger partial charge is 0.481 e. The Hall–Kier alpha value is -0.610. The highest BCUT2D eigenvalue weighted by Crippen LogP contribution is 1.97. The van der Waals surface area contributed by atoms with Crippen molar-refractivity contribution < 1.29 is 15.0 Å². The molecule has 0 bridgehead atoms. The summed E-state index contributed by atoms with van der Waals surface area (Å²) in [6, 6.07) is 0.375. The van der Waals surface area contributed by atoms with Crippen molar-refractivity contribution in [3.8, 4) is 0 Å². The van der Waals surface area contributed by atoms with E-state index in [-0.39, 0.29) is 6.42 Å². The van der Waals surface area contributed by atoms with Gasteiger partial charge in [-0.3, -0.25) is 4.79 Å². The van der Waals surface area contributed by atoms with E-state index in [2.05, 4.69) is 12.2 Å². The van der Waals surface area contributed by atoms with Crippen LogP contribution in [-0.4, -0.2) is 34.9 Å². The summed E-state index contributed by atoms with van der Waals surface area (Å²) in [5.74, 6) is -0.859. The van der Waals surface area contributed by atoms with Crippen molar-refractivity contribution in [2.45, 2.75) is 45.3 Å². The van der Waals surface area contributed by atoms with Crippen LogP contribution in [0.15, 0.2) is 0 Å². The van der Waals surface area contributed by atoms with Crippen LogP contribution in [0.5, 0.6) is 0 Å². The molecule has 13 heavy (non-hydrogen) atoms. The number of carboxylic acids is 1. The van der Waals surface area contributed by atoms with Gasteiger partial charge in [0.25, 0.3) is 0 Å². The molecule has 4 heteroatoms. The molecule has 0 aromatic carbocycles. The molecule has 0 aromatic heterocycles. The fourth-order valence-corrected chi connectivity index (χ4v) is 0.874. The quantitative estimate of drug-likeness (QED) is 0.548. The molecule has 0 spiro atoms. The standard InChI is InChI=1S/C9H19NO3/c1-3-7(2)10-6-8(11)4-5-9(12)13/h7-8,10-11H,3-6H2,1-2H3,(H,12,13). The van der Waals surface area contributed by atoms with E-state index >= 15 is 0 Å². The summed E-state index contributed by atoms with van der Waals surface area (Å²) in [5, 5.41) is 20.8. The van der Waals surface area contributed by atoms with E-state index in [1.165, 1.54) is 0 Å². The lowest BCUT2D eigenvalue weighted by molar-refractivity contribution is -0.137. The number of aliphatic carboxylic acids is 1. The molecule has 0 aliphatic carbocycles. The summed E-state index contributed by atoms with van der Waals surface area (Å²) >= 11 is 0. The second kappa shape index (κ2) is 6.86. The fourth-order valence-electron chi connectivity index (χ4n) is 0.874. The number of aliphatic hydroxyl groups is 1. The molecule has 3 N–H and O–H groups in total. The number of carboxylic acid groups (broad SMARTS) is 1. The van der Waals surface area contributed by atoms with Crippen LogP contribution in [0.1, 0.15) is 33.1 Å². The minimum absolute atomic E-state index is 0.0311. The third-order valence-electron chi connectivity index (χ3n) is 2.01. The van der Waals surface area contributed by atoms with E-state index in [9.17, 15) is 9.90 Å². The molecule has 4 nitrogen and oxygen atoms in total. The third-order valence-corrected chi connectivity index (χ3v) is 2.01. The van der Waals surface area contributed by atoms with Gasteiger partial charge in [0.2, 0.25) is 0 Å². The van der Waals surface area contributed by atoms with Crippen LogP contribution in [0.4, 0.5) is 0 Å². The summed E-state index contributed by atoms with van der Waals surface area (Å²) < 4.78 is 0. The molecule has 0 heterocycles. The van der Waals surface area contributed by atoms with E-state index in [0.29, 0.717) is 19.0 Å². The third kappa shape index (κ3) is 7.74. The highest BCUT2D eigenvalue weighted by Gasteiger charge is 2.07. The second-order valence-corrected chi connectivity index (χ2v) is 3.30. The summed E-state index contributed by atoms with van der Waals surface area (Å²) in [6.07, 6.45) is 0.804. The second-order valence-electron chi connectivity index (χ2n) is 3.30. The van der Waals surface area contributed by atoms with Gasteiger partial charge in [0, 0.05) is 19.0 Å². The van der Waals surface area contributed by atoms with Gasteiger partial charge < -0.3 is 15.5 Å². The molecule has 0 saturated carbocycles. The van der Waals surface area contributed by atoms with Gasteiger partial charge in [-0.1, -0.05) is 6.92 Å². The molecule has 0 saturated heterocycles. The van der Waals surface area contributed by atoms with Crippen molar-refractivity contribution in [2.75, 3.05) is 6.54 Å². The summed E-state index contributed by atoms with van der Waals surface area (Å²) in [5.41, 5.74) is 0. The summed E-state index contributed by atoms with van der Waals surface area (Å²) in [4.78, 5) is 10.2. The van der Waals surface area contributed by atoms with E-state index in [1.54, 1.807) is 0 Å². The Balaban J connectivity index is 3.39. The molecule has 0 aliphatic rings. The van der Waals surface area contributed by atoms with E-state index in [0.717, 1.165) is 6.42 Å². The maximum Gasteiger partial charge on any atom is 0.303 e. The minimum Gasteiger partial charge on any atom is -0.481 e. The molecule has 0 aromatic rings. The van der Waals surface area contributed by atoms with Gasteiger partial charge >= 0.3 is 5.97 Å². The summed E-state index contributed by atoms with van der Waals surface area (Å²) in [6.45, 7) is 4.56. The normalized spacial score (nSPS) is 15.3. The zero-order chi connectivity index (χ0) is 10.3. The fraction of sp³-hybridized carbons (Fsp3) is 0.889. The molecular formula is C9H19NO3. The maximum atomic E-state index is 10.2. The topological polar surface area (TPSA) is 69.6 Å². The van der Waals surface area contributed by atoms with Gasteiger partial charge in [-0.05, 0) is 19.8 Å². The highest BCUT2D eigenvalue weighted by molar-refractivity contribution is 5.66. The van der Waals surface area contributed by atoms with Crippen molar-refractivity contribution in [3.63, 3.8) is 0 Å². The first-order valence-corrected chi connectivity index (χ1v) is 4.69. The van der Waals surface area contributed by atoms with Crippen LogP contribution < -0.4 is 5.32 Å². The molecule has 0 amide bonds. The number of nitrogens with one attached hydrogen (secondary N) is 1. The Morgan fingerprint density at radius 2 is 2.15 bits per heavy atom. The van der Waals surface area contributed by atoms with Gasteiger partial charge in [0.1, 0.15) is 0 Å². The number of carbonyl (C=O) groups is 1. The molecular weight excluding hydrogens is 170 g/mol. The van der Waals surface area contributed by atoms with Gasteiger partial charge in [0.05, 0.1) is 6.10 Å². The van der Waals surface area contributed by atoms with Crippen molar-refractivity contribution in [3.05, 3.63) is 0 Å². The Labute approximate surface area is 79.0 Å². The molecule has 0 radical (unpaired) electrons. The number of hydrogen-bond donors (Lipinski definition) is 3. The van der Waals surface area contributed by atoms with Gasteiger partial charge in [-0.2, -0.15) is 0 Å². The van der Waals surface area contributed by atoms with Crippen molar-refractivity contribution in [1.82, 2.24) is 5.32 Å². The lowest BCUT2D eigenvalue weighted by atomic mass is 10.2. The minimum atomic E-state index is -0.859. The zero-order valence-corrected chi connectivity index (χ0v) is 8.29. The molecule has 78 valence electrons. The average Bonchev–Trinajstić information content (AvgIpc) is 2.10. The van der Waals surface area contributed by atoms with Crippen LogP contribution in [0.3, 0.4) is 0 Å². The monoisotopic (exact) mass is 189 g/mol. The highest BCUT2D eigenvalue weighted by atomic mass is 16.4. The van der Waals surface area contributed by atoms with Crippen LogP contribution in [0.25, 0.3) is 0 Å². The predicted molar refractivity (Wildman–Crippen MR) is 50.6 cm³/mol. The van der Waals surface area contributed by atoms with E-state index < -0.39 is 12.1 Å². The molecule has 2 unspecified atom stereocenters. The molecule has 0 rings (SSSR count). The Morgan fingerprint density at radius 3 is 2.62 bits per heavy atom. The van der Waals surface area contributed by atoms with E-state index in [4.69, 9.17) is 5.11 Å². The number of hydrogen-bond acceptors (Lipinski definition) is 3. The zero-order valence-electron chi connectivity index (χ0n) is 8.29. The van der Waals surface area contributed by atoms with Crippen LogP contribution in [-0.2, 0) is 4.79 Å². The molecule has 0 aliphatic heterocycles. The van der Waals surface area contributed by atoms with Crippen LogP contribution in [0.2, 0.25) is 0 Å². The van der Waals surface area contributed by atoms with Crippen molar-refractivity contribution in [2.24, 2.45) is 0 Å². The predicted octanol–water partition coefficient (Wildman–Crippen LogP) is 0.600. The number of aliphatic hydroxyl groups excluding tert-OH is 1. The molecule has 0 fully saturated rings. The number of rotatable bonds is 7. The van der Waals surface area contributed by atoms with Gasteiger partial charge in [0.15, 0.2) is 0 Å². The first-order valence-electron chi connectivity index (χ1n) is 4.69.